The van der Waals surface area contributed by atoms with E-state index in [1.165, 1.54) is 18.7 Å². The third-order valence-corrected chi connectivity index (χ3v) is 4.14. The highest BCUT2D eigenvalue weighted by molar-refractivity contribution is 5.14. The number of fused-ring (bicyclic) bond motifs is 1. The average Bonchev–Trinajstić information content (AvgIpc) is 2.95. The first-order chi connectivity index (χ1) is 8.28. The largest absolute Gasteiger partial charge is 0.385 e. The first kappa shape index (κ1) is 11.2. The van der Waals surface area contributed by atoms with Crippen molar-refractivity contribution in [2.24, 2.45) is 0 Å². The second kappa shape index (κ2) is 4.42. The highest BCUT2D eigenvalue weighted by Gasteiger charge is 2.28. The van der Waals surface area contributed by atoms with Crippen molar-refractivity contribution in [3.05, 3.63) is 17.7 Å². The zero-order valence-electron chi connectivity index (χ0n) is 10.5. The van der Waals surface area contributed by atoms with Crippen LogP contribution in [0, 0.1) is 0 Å². The molecule has 0 aromatic carbocycles. The number of aromatic nitrogens is 2. The highest BCUT2D eigenvalue weighted by Crippen LogP contribution is 2.30. The minimum Gasteiger partial charge on any atom is -0.385 e. The molecule has 2 unspecified atom stereocenters. The average molecular weight is 235 g/mol. The van der Waals surface area contributed by atoms with Crippen LogP contribution in [0.15, 0.2) is 6.20 Å². The Morgan fingerprint density at radius 3 is 3.00 bits per heavy atom. The highest BCUT2D eigenvalue weighted by atomic mass is 16.3. The molecule has 94 valence electrons. The smallest absolute Gasteiger partial charge is 0.137 e. The minimum absolute atomic E-state index is 0.346. The third kappa shape index (κ3) is 2.00. The predicted molar refractivity (Wildman–Crippen MR) is 65.9 cm³/mol. The number of aryl methyl sites for hydroxylation is 1. The van der Waals surface area contributed by atoms with E-state index >= 15 is 0 Å². The summed E-state index contributed by atoms with van der Waals surface area (Å²) < 4.78 is 2.15. The molecule has 0 aliphatic carbocycles. The lowest BCUT2D eigenvalue weighted by Crippen LogP contribution is -2.19. The molecule has 0 bridgehead atoms. The van der Waals surface area contributed by atoms with Crippen LogP contribution in [0.2, 0.25) is 0 Å². The quantitative estimate of drug-likeness (QED) is 0.845. The fourth-order valence-electron chi connectivity index (χ4n) is 3.04. The van der Waals surface area contributed by atoms with E-state index in [1.807, 2.05) is 0 Å². The summed E-state index contributed by atoms with van der Waals surface area (Å²) in [6, 6.07) is 0. The molecule has 4 nitrogen and oxygen atoms in total. The van der Waals surface area contributed by atoms with Crippen molar-refractivity contribution in [2.75, 3.05) is 19.6 Å². The monoisotopic (exact) mass is 235 g/mol. The summed E-state index contributed by atoms with van der Waals surface area (Å²) >= 11 is 0. The van der Waals surface area contributed by atoms with Crippen LogP contribution in [0.25, 0.3) is 0 Å². The maximum atomic E-state index is 9.92. The molecule has 17 heavy (non-hydrogen) atoms. The summed E-state index contributed by atoms with van der Waals surface area (Å²) in [5, 5.41) is 9.92. The second-order valence-corrected chi connectivity index (χ2v) is 5.25. The number of nitrogens with zero attached hydrogens (tertiary/aromatic N) is 3. The van der Waals surface area contributed by atoms with Gasteiger partial charge in [-0.25, -0.2) is 4.98 Å². The number of aliphatic hydroxyl groups excluding tert-OH is 1. The van der Waals surface area contributed by atoms with E-state index in [-0.39, 0.29) is 6.10 Å². The molecule has 1 fully saturated rings. The Labute approximate surface area is 102 Å². The molecular weight excluding hydrogens is 214 g/mol. The van der Waals surface area contributed by atoms with E-state index in [1.54, 1.807) is 0 Å². The van der Waals surface area contributed by atoms with Gasteiger partial charge < -0.3 is 14.6 Å². The summed E-state index contributed by atoms with van der Waals surface area (Å²) in [7, 11) is 0. The molecule has 2 atom stereocenters. The zero-order chi connectivity index (χ0) is 11.8. The first-order valence-electron chi connectivity index (χ1n) is 6.75. The standard InChI is InChI=1S/C13H21N3O/c1-2-15-7-5-10(8-15)11-9-16-6-3-4-12(17)13(16)14-11/h9-10,12,17H,2-8H2,1H3. The van der Waals surface area contributed by atoms with Crippen LogP contribution in [-0.4, -0.2) is 39.2 Å². The SMILES string of the molecule is CCN1CCC(c2cn3c(n2)C(O)CCC3)C1. The van der Waals surface area contributed by atoms with Crippen LogP contribution < -0.4 is 0 Å². The predicted octanol–water partition coefficient (Wildman–Crippen LogP) is 1.52. The normalized spacial score (nSPS) is 29.5. The number of likely N-dealkylation sites (N-methyl/N-ethyl adjacent to an activating group) is 1. The van der Waals surface area contributed by atoms with Crippen molar-refractivity contribution in [2.45, 2.75) is 44.8 Å². The Morgan fingerprint density at radius 1 is 1.41 bits per heavy atom. The fourth-order valence-corrected chi connectivity index (χ4v) is 3.04. The molecule has 1 aromatic heterocycles. The molecule has 0 spiro atoms. The van der Waals surface area contributed by atoms with Gasteiger partial charge in [0, 0.05) is 25.2 Å². The molecule has 2 aliphatic rings. The van der Waals surface area contributed by atoms with Crippen LogP contribution in [0.4, 0.5) is 0 Å². The van der Waals surface area contributed by atoms with E-state index in [9.17, 15) is 5.11 Å². The lowest BCUT2D eigenvalue weighted by Gasteiger charge is -2.18. The molecule has 1 saturated heterocycles. The molecule has 3 rings (SSSR count). The van der Waals surface area contributed by atoms with Gasteiger partial charge in [0.25, 0.3) is 0 Å². The van der Waals surface area contributed by atoms with Gasteiger partial charge in [-0.05, 0) is 32.4 Å². The van der Waals surface area contributed by atoms with Crippen molar-refractivity contribution in [1.82, 2.24) is 14.5 Å². The van der Waals surface area contributed by atoms with Gasteiger partial charge in [-0.1, -0.05) is 6.92 Å². The summed E-state index contributed by atoms with van der Waals surface area (Å²) in [5.41, 5.74) is 1.19. The van der Waals surface area contributed by atoms with Gasteiger partial charge in [-0.3, -0.25) is 0 Å². The van der Waals surface area contributed by atoms with Gasteiger partial charge in [0.2, 0.25) is 0 Å². The van der Waals surface area contributed by atoms with Crippen molar-refractivity contribution in [1.29, 1.82) is 0 Å². The second-order valence-electron chi connectivity index (χ2n) is 5.25. The molecule has 0 amide bonds. The van der Waals surface area contributed by atoms with Crippen LogP contribution in [-0.2, 0) is 6.54 Å². The van der Waals surface area contributed by atoms with Crippen molar-refractivity contribution >= 4 is 0 Å². The van der Waals surface area contributed by atoms with Crippen LogP contribution in [0.3, 0.4) is 0 Å². The molecule has 0 saturated carbocycles. The molecule has 1 aromatic rings. The van der Waals surface area contributed by atoms with E-state index in [0.717, 1.165) is 38.3 Å². The molecule has 0 radical (unpaired) electrons. The van der Waals surface area contributed by atoms with Crippen LogP contribution in [0.1, 0.15) is 49.7 Å². The van der Waals surface area contributed by atoms with Gasteiger partial charge in [0.05, 0.1) is 5.69 Å². The minimum atomic E-state index is -0.346. The van der Waals surface area contributed by atoms with Crippen molar-refractivity contribution in [3.63, 3.8) is 0 Å². The molecule has 4 heteroatoms. The lowest BCUT2D eigenvalue weighted by molar-refractivity contribution is 0.133. The first-order valence-corrected chi connectivity index (χ1v) is 6.75. The van der Waals surface area contributed by atoms with Gasteiger partial charge in [0.15, 0.2) is 0 Å². The summed E-state index contributed by atoms with van der Waals surface area (Å²) in [6.07, 6.45) is 4.96. The lowest BCUT2D eigenvalue weighted by atomic mass is 10.1. The molecule has 2 aliphatic heterocycles. The van der Waals surface area contributed by atoms with Crippen molar-refractivity contribution in [3.8, 4) is 0 Å². The molecule has 1 N–H and O–H groups in total. The van der Waals surface area contributed by atoms with Gasteiger partial charge in [0.1, 0.15) is 11.9 Å². The van der Waals surface area contributed by atoms with Gasteiger partial charge >= 0.3 is 0 Å². The van der Waals surface area contributed by atoms with Crippen LogP contribution in [0.5, 0.6) is 0 Å². The Hall–Kier alpha value is -0.870. The summed E-state index contributed by atoms with van der Waals surface area (Å²) in [6.45, 7) is 6.68. The Balaban J connectivity index is 1.80. The maximum Gasteiger partial charge on any atom is 0.137 e. The number of hydrogen-bond acceptors (Lipinski definition) is 3. The summed E-state index contributed by atoms with van der Waals surface area (Å²) in [5.74, 6) is 1.46. The van der Waals surface area contributed by atoms with Gasteiger partial charge in [-0.2, -0.15) is 0 Å². The Bertz CT molecular complexity index is 401. The number of imidazole rings is 1. The zero-order valence-corrected chi connectivity index (χ0v) is 10.5. The van der Waals surface area contributed by atoms with E-state index in [0.29, 0.717) is 5.92 Å². The van der Waals surface area contributed by atoms with Crippen LogP contribution >= 0.6 is 0 Å². The molecule has 3 heterocycles. The number of likely N-dealkylation sites (tertiary alicyclic amines) is 1. The topological polar surface area (TPSA) is 41.3 Å². The van der Waals surface area contributed by atoms with E-state index in [2.05, 4.69) is 27.6 Å². The maximum absolute atomic E-state index is 9.92. The Kier molecular flexibility index (Phi) is 2.92. The number of rotatable bonds is 2. The van der Waals surface area contributed by atoms with Gasteiger partial charge in [-0.15, -0.1) is 0 Å². The van der Waals surface area contributed by atoms with E-state index < -0.39 is 0 Å². The summed E-state index contributed by atoms with van der Waals surface area (Å²) in [4.78, 5) is 7.14. The fraction of sp³-hybridized carbons (Fsp3) is 0.769. The molecular formula is C13H21N3O. The number of hydrogen-bond donors (Lipinski definition) is 1. The third-order valence-electron chi connectivity index (χ3n) is 4.14. The Morgan fingerprint density at radius 2 is 2.29 bits per heavy atom. The number of aliphatic hydroxyl groups is 1. The van der Waals surface area contributed by atoms with E-state index in [4.69, 9.17) is 0 Å². The van der Waals surface area contributed by atoms with Crippen molar-refractivity contribution < 1.29 is 5.11 Å².